The van der Waals surface area contributed by atoms with Crippen LogP contribution in [0.1, 0.15) is 16.7 Å². The lowest BCUT2D eigenvalue weighted by atomic mass is 9.99. The summed E-state index contributed by atoms with van der Waals surface area (Å²) in [6.45, 7) is 2.05. The van der Waals surface area contributed by atoms with Crippen LogP contribution in [0.15, 0.2) is 55.0 Å². The molecule has 0 spiro atoms. The Kier molecular flexibility index (Phi) is 3.73. The minimum atomic E-state index is 0.184. The van der Waals surface area contributed by atoms with E-state index in [0.29, 0.717) is 12.8 Å². The number of para-hydroxylation sites is 1. The maximum absolute atomic E-state index is 12.2. The number of nitrogens with zero attached hydrogens (tertiary/aromatic N) is 2. The maximum atomic E-state index is 12.2. The first-order valence-corrected chi connectivity index (χ1v) is 6.98. The molecule has 0 aliphatic carbocycles. The fourth-order valence-electron chi connectivity index (χ4n) is 2.50. The van der Waals surface area contributed by atoms with E-state index in [0.717, 1.165) is 27.6 Å². The molecule has 0 unspecified atom stereocenters. The lowest BCUT2D eigenvalue weighted by molar-refractivity contribution is -0.117. The number of hydrogen-bond donors (Lipinski definition) is 0. The summed E-state index contributed by atoms with van der Waals surface area (Å²) in [5.41, 5.74) is 4.06. The van der Waals surface area contributed by atoms with Crippen LogP contribution in [0.25, 0.3) is 10.9 Å². The molecule has 0 bridgehead atoms. The molecule has 0 fully saturated rings. The summed E-state index contributed by atoms with van der Waals surface area (Å²) < 4.78 is 0. The molecule has 1 aromatic carbocycles. The predicted octanol–water partition coefficient (Wildman–Crippen LogP) is 3.29. The fraction of sp³-hybridized carbons (Fsp3) is 0.167. The zero-order chi connectivity index (χ0) is 14.7. The second-order valence-electron chi connectivity index (χ2n) is 5.18. The van der Waals surface area contributed by atoms with Gasteiger partial charge in [0.1, 0.15) is 5.78 Å². The highest BCUT2D eigenvalue weighted by molar-refractivity contribution is 5.87. The molecule has 21 heavy (non-hydrogen) atoms. The molecule has 3 rings (SSSR count). The molecular formula is C18H16N2O. The van der Waals surface area contributed by atoms with Crippen LogP contribution in [0.3, 0.4) is 0 Å². The van der Waals surface area contributed by atoms with Crippen molar-refractivity contribution in [3.63, 3.8) is 0 Å². The normalized spacial score (nSPS) is 10.7. The molecule has 0 saturated heterocycles. The van der Waals surface area contributed by atoms with Gasteiger partial charge in [-0.1, -0.05) is 24.3 Å². The Balaban J connectivity index is 1.82. The molecule has 2 aromatic heterocycles. The van der Waals surface area contributed by atoms with Crippen molar-refractivity contribution in [2.75, 3.05) is 0 Å². The first kappa shape index (κ1) is 13.4. The fourth-order valence-corrected chi connectivity index (χ4v) is 2.50. The van der Waals surface area contributed by atoms with Crippen LogP contribution in [-0.4, -0.2) is 15.8 Å². The van der Waals surface area contributed by atoms with Crippen LogP contribution in [0.4, 0.5) is 0 Å². The average molecular weight is 276 g/mol. The van der Waals surface area contributed by atoms with E-state index >= 15 is 0 Å². The lowest BCUT2D eigenvalue weighted by Crippen LogP contribution is -2.08. The van der Waals surface area contributed by atoms with Crippen LogP contribution < -0.4 is 0 Å². The zero-order valence-corrected chi connectivity index (χ0v) is 11.9. The highest BCUT2D eigenvalue weighted by Crippen LogP contribution is 2.20. The van der Waals surface area contributed by atoms with Crippen molar-refractivity contribution in [2.24, 2.45) is 0 Å². The number of carbonyl (C=O) groups is 1. The van der Waals surface area contributed by atoms with Crippen LogP contribution in [-0.2, 0) is 17.6 Å². The van der Waals surface area contributed by atoms with Gasteiger partial charge in [0.15, 0.2) is 0 Å². The standard InChI is InChI=1S/C18H16N2O/c1-13-15(12-20-18-7-3-2-6-17(13)18)10-16(21)9-14-5-4-8-19-11-14/h2-8,11-12H,9-10H2,1H3. The summed E-state index contributed by atoms with van der Waals surface area (Å²) in [7, 11) is 0. The molecular weight excluding hydrogens is 260 g/mol. The Labute approximate surface area is 123 Å². The molecule has 0 aliphatic heterocycles. The summed E-state index contributed by atoms with van der Waals surface area (Å²) in [5.74, 6) is 0.184. The molecule has 104 valence electrons. The van der Waals surface area contributed by atoms with E-state index in [2.05, 4.69) is 16.9 Å². The Morgan fingerprint density at radius 2 is 1.90 bits per heavy atom. The van der Waals surface area contributed by atoms with Crippen LogP contribution >= 0.6 is 0 Å². The summed E-state index contributed by atoms with van der Waals surface area (Å²) >= 11 is 0. The summed E-state index contributed by atoms with van der Waals surface area (Å²) in [6, 6.07) is 11.8. The molecule has 3 nitrogen and oxygen atoms in total. The third kappa shape index (κ3) is 2.97. The highest BCUT2D eigenvalue weighted by Gasteiger charge is 2.10. The Bertz CT molecular complexity index is 782. The third-order valence-electron chi connectivity index (χ3n) is 3.66. The van der Waals surface area contributed by atoms with E-state index < -0.39 is 0 Å². The van der Waals surface area contributed by atoms with E-state index in [1.54, 1.807) is 12.4 Å². The minimum Gasteiger partial charge on any atom is -0.299 e. The molecule has 0 atom stereocenters. The van der Waals surface area contributed by atoms with Gasteiger partial charge in [-0.25, -0.2) is 0 Å². The van der Waals surface area contributed by atoms with Gasteiger partial charge < -0.3 is 0 Å². The smallest absolute Gasteiger partial charge is 0.141 e. The van der Waals surface area contributed by atoms with Crippen LogP contribution in [0.5, 0.6) is 0 Å². The monoisotopic (exact) mass is 276 g/mol. The molecule has 0 aliphatic rings. The summed E-state index contributed by atoms with van der Waals surface area (Å²) in [4.78, 5) is 20.7. The quantitative estimate of drug-likeness (QED) is 0.734. The first-order chi connectivity index (χ1) is 10.2. The van der Waals surface area contributed by atoms with Crippen molar-refractivity contribution >= 4 is 16.7 Å². The Morgan fingerprint density at radius 3 is 2.71 bits per heavy atom. The third-order valence-corrected chi connectivity index (χ3v) is 3.66. The zero-order valence-electron chi connectivity index (χ0n) is 11.9. The van der Waals surface area contributed by atoms with E-state index in [9.17, 15) is 4.79 Å². The number of pyridine rings is 2. The van der Waals surface area contributed by atoms with Gasteiger partial charge in [0.05, 0.1) is 5.52 Å². The second-order valence-corrected chi connectivity index (χ2v) is 5.18. The molecule has 2 heterocycles. The largest absolute Gasteiger partial charge is 0.299 e. The average Bonchev–Trinajstić information content (AvgIpc) is 2.51. The van der Waals surface area contributed by atoms with Crippen molar-refractivity contribution in [2.45, 2.75) is 19.8 Å². The molecule has 3 aromatic rings. The molecule has 0 N–H and O–H groups in total. The molecule has 3 heteroatoms. The van der Waals surface area contributed by atoms with Gasteiger partial charge in [-0.05, 0) is 35.7 Å². The van der Waals surface area contributed by atoms with Gasteiger partial charge in [-0.15, -0.1) is 0 Å². The number of Topliss-reactive ketones (excluding diaryl/α,β-unsaturated/α-hetero) is 1. The number of aromatic nitrogens is 2. The van der Waals surface area contributed by atoms with Crippen LogP contribution in [0, 0.1) is 6.92 Å². The highest BCUT2D eigenvalue weighted by atomic mass is 16.1. The lowest BCUT2D eigenvalue weighted by Gasteiger charge is -2.08. The van der Waals surface area contributed by atoms with Crippen LogP contribution in [0.2, 0.25) is 0 Å². The molecule has 0 saturated carbocycles. The molecule has 0 amide bonds. The van der Waals surface area contributed by atoms with Gasteiger partial charge >= 0.3 is 0 Å². The van der Waals surface area contributed by atoms with E-state index in [4.69, 9.17) is 0 Å². The minimum absolute atomic E-state index is 0.184. The number of benzene rings is 1. The maximum Gasteiger partial charge on any atom is 0.141 e. The van der Waals surface area contributed by atoms with E-state index in [1.165, 1.54) is 0 Å². The van der Waals surface area contributed by atoms with Crippen molar-refractivity contribution in [1.82, 2.24) is 9.97 Å². The Hall–Kier alpha value is -2.55. The van der Waals surface area contributed by atoms with Crippen molar-refractivity contribution in [1.29, 1.82) is 0 Å². The second kappa shape index (κ2) is 5.83. The van der Waals surface area contributed by atoms with Gasteiger partial charge in [0.25, 0.3) is 0 Å². The number of carbonyl (C=O) groups excluding carboxylic acids is 1. The van der Waals surface area contributed by atoms with E-state index in [-0.39, 0.29) is 5.78 Å². The number of aryl methyl sites for hydroxylation is 1. The number of rotatable bonds is 4. The van der Waals surface area contributed by atoms with Crippen molar-refractivity contribution < 1.29 is 4.79 Å². The van der Waals surface area contributed by atoms with Gasteiger partial charge in [-0.3, -0.25) is 14.8 Å². The Morgan fingerprint density at radius 1 is 1.05 bits per heavy atom. The van der Waals surface area contributed by atoms with Gasteiger partial charge in [-0.2, -0.15) is 0 Å². The van der Waals surface area contributed by atoms with Gasteiger partial charge in [0, 0.05) is 36.8 Å². The topological polar surface area (TPSA) is 42.9 Å². The molecule has 0 radical (unpaired) electrons. The SMILES string of the molecule is Cc1c(CC(=O)Cc2cccnc2)cnc2ccccc12. The number of fused-ring (bicyclic) bond motifs is 1. The first-order valence-electron chi connectivity index (χ1n) is 6.98. The van der Waals surface area contributed by atoms with Gasteiger partial charge in [0.2, 0.25) is 0 Å². The van der Waals surface area contributed by atoms with Crippen molar-refractivity contribution in [3.8, 4) is 0 Å². The number of hydrogen-bond acceptors (Lipinski definition) is 3. The predicted molar refractivity (Wildman–Crippen MR) is 83.1 cm³/mol. The van der Waals surface area contributed by atoms with E-state index in [1.807, 2.05) is 42.6 Å². The number of ketones is 1. The van der Waals surface area contributed by atoms with Crippen molar-refractivity contribution in [3.05, 3.63) is 71.7 Å². The summed E-state index contributed by atoms with van der Waals surface area (Å²) in [5, 5.41) is 1.11. The summed E-state index contributed by atoms with van der Waals surface area (Å²) in [6.07, 6.45) is 6.10.